The number of hydrogen-bond acceptors (Lipinski definition) is 4. The number of β-amino-alcohol motifs (C(OH)–C–C–N with tert-alkyl or cyclic N) is 1. The van der Waals surface area contributed by atoms with Gasteiger partial charge < -0.3 is 5.11 Å². The van der Waals surface area contributed by atoms with Crippen molar-refractivity contribution in [2.75, 3.05) is 13.1 Å². The number of pyridine rings is 1. The Hall–Kier alpha value is -1.54. The van der Waals surface area contributed by atoms with Gasteiger partial charge in [0.05, 0.1) is 12.1 Å². The van der Waals surface area contributed by atoms with E-state index in [1.165, 1.54) is 12.1 Å². The molecule has 0 radical (unpaired) electrons. The van der Waals surface area contributed by atoms with Crippen molar-refractivity contribution in [1.29, 1.82) is 0 Å². The number of aromatic nitrogens is 1. The standard InChI is InChI=1S/C11H11ClF3N5O/c12-9-2-1-6(3-17-9)10(11(13,14)15)20-4-7(18-19-16)8(21)5-20/h1-3,7-8,10,21H,4-5H2/t7-,8-,10-/m1/s1. The van der Waals surface area contributed by atoms with Gasteiger partial charge in [-0.15, -0.1) is 0 Å². The summed E-state index contributed by atoms with van der Waals surface area (Å²) in [7, 11) is 0. The van der Waals surface area contributed by atoms with Gasteiger partial charge in [0.2, 0.25) is 0 Å². The first-order valence-corrected chi connectivity index (χ1v) is 6.35. The second-order valence-electron chi connectivity index (χ2n) is 4.65. The largest absolute Gasteiger partial charge is 0.408 e. The van der Waals surface area contributed by atoms with Gasteiger partial charge in [-0.05, 0) is 17.2 Å². The molecule has 0 bridgehead atoms. The van der Waals surface area contributed by atoms with Crippen LogP contribution in [-0.4, -0.2) is 46.4 Å². The summed E-state index contributed by atoms with van der Waals surface area (Å²) in [6.07, 6.45) is -4.64. The number of hydrogen-bond donors (Lipinski definition) is 1. The van der Waals surface area contributed by atoms with Gasteiger partial charge in [0, 0.05) is 24.2 Å². The predicted molar refractivity (Wildman–Crippen MR) is 68.6 cm³/mol. The van der Waals surface area contributed by atoms with E-state index < -0.39 is 24.4 Å². The lowest BCUT2D eigenvalue weighted by atomic mass is 10.1. The topological polar surface area (TPSA) is 85.1 Å². The molecule has 0 amide bonds. The van der Waals surface area contributed by atoms with Gasteiger partial charge in [-0.2, -0.15) is 13.2 Å². The van der Waals surface area contributed by atoms with E-state index in [0.717, 1.165) is 11.1 Å². The van der Waals surface area contributed by atoms with Crippen LogP contribution in [0.4, 0.5) is 13.2 Å². The summed E-state index contributed by atoms with van der Waals surface area (Å²) in [5.74, 6) is 0. The third-order valence-corrected chi connectivity index (χ3v) is 3.45. The van der Waals surface area contributed by atoms with Crippen molar-refractivity contribution < 1.29 is 18.3 Å². The van der Waals surface area contributed by atoms with Crippen molar-refractivity contribution in [2.24, 2.45) is 5.11 Å². The molecule has 0 unspecified atom stereocenters. The maximum Gasteiger partial charge on any atom is 0.408 e. The van der Waals surface area contributed by atoms with Crippen LogP contribution in [0, 0.1) is 0 Å². The summed E-state index contributed by atoms with van der Waals surface area (Å²) in [5, 5.41) is 13.1. The molecule has 114 valence electrons. The molecule has 1 aliphatic heterocycles. The van der Waals surface area contributed by atoms with E-state index in [0.29, 0.717) is 0 Å². The lowest BCUT2D eigenvalue weighted by molar-refractivity contribution is -0.184. The average Bonchev–Trinajstić information content (AvgIpc) is 2.72. The smallest absolute Gasteiger partial charge is 0.391 e. The Morgan fingerprint density at radius 3 is 2.71 bits per heavy atom. The first-order valence-electron chi connectivity index (χ1n) is 5.97. The van der Waals surface area contributed by atoms with Crippen molar-refractivity contribution >= 4 is 11.6 Å². The molecule has 1 N–H and O–H groups in total. The lowest BCUT2D eigenvalue weighted by Gasteiger charge is -2.29. The third kappa shape index (κ3) is 3.56. The monoisotopic (exact) mass is 321 g/mol. The van der Waals surface area contributed by atoms with Gasteiger partial charge in [-0.25, -0.2) is 4.98 Å². The normalized spacial score (nSPS) is 24.6. The molecule has 21 heavy (non-hydrogen) atoms. The second kappa shape index (κ2) is 6.07. The Morgan fingerprint density at radius 1 is 1.48 bits per heavy atom. The molecule has 2 rings (SSSR count). The Balaban J connectivity index is 2.30. The minimum Gasteiger partial charge on any atom is -0.391 e. The summed E-state index contributed by atoms with van der Waals surface area (Å²) in [6.45, 7) is -0.422. The third-order valence-electron chi connectivity index (χ3n) is 3.23. The number of aliphatic hydroxyl groups excluding tert-OH is 1. The van der Waals surface area contributed by atoms with Crippen molar-refractivity contribution in [3.8, 4) is 0 Å². The number of alkyl halides is 3. The van der Waals surface area contributed by atoms with Crippen LogP contribution >= 0.6 is 11.6 Å². The van der Waals surface area contributed by atoms with E-state index in [1.807, 2.05) is 0 Å². The molecule has 0 aliphatic carbocycles. The molecular weight excluding hydrogens is 311 g/mol. The van der Waals surface area contributed by atoms with Crippen LogP contribution < -0.4 is 0 Å². The first kappa shape index (κ1) is 15.8. The van der Waals surface area contributed by atoms with E-state index in [2.05, 4.69) is 15.0 Å². The SMILES string of the molecule is [N-]=[N+]=N[C@@H]1CN([C@H](c2ccc(Cl)nc2)C(F)(F)F)C[C@H]1O. The van der Waals surface area contributed by atoms with Crippen LogP contribution in [-0.2, 0) is 0 Å². The van der Waals surface area contributed by atoms with E-state index in [1.54, 1.807) is 0 Å². The first-order chi connectivity index (χ1) is 9.82. The molecule has 2 heterocycles. The molecule has 1 saturated heterocycles. The molecule has 1 fully saturated rings. The van der Waals surface area contributed by atoms with Crippen molar-refractivity contribution in [3.05, 3.63) is 39.5 Å². The highest BCUT2D eigenvalue weighted by Crippen LogP contribution is 2.39. The molecular formula is C11H11ClF3N5O. The maximum atomic E-state index is 13.3. The van der Waals surface area contributed by atoms with Gasteiger partial charge in [0.15, 0.2) is 0 Å². The van der Waals surface area contributed by atoms with E-state index >= 15 is 0 Å². The fraction of sp³-hybridized carbons (Fsp3) is 0.545. The van der Waals surface area contributed by atoms with Crippen molar-refractivity contribution in [2.45, 2.75) is 24.4 Å². The number of rotatable bonds is 3. The molecule has 1 aromatic rings. The average molecular weight is 322 g/mol. The second-order valence-corrected chi connectivity index (χ2v) is 5.04. The summed E-state index contributed by atoms with van der Waals surface area (Å²) in [6, 6.07) is -0.329. The van der Waals surface area contributed by atoms with Gasteiger partial charge in [-0.1, -0.05) is 22.8 Å². The van der Waals surface area contributed by atoms with Gasteiger partial charge in [0.1, 0.15) is 11.2 Å². The van der Waals surface area contributed by atoms with E-state index in [4.69, 9.17) is 17.1 Å². The zero-order valence-electron chi connectivity index (χ0n) is 10.6. The zero-order valence-corrected chi connectivity index (χ0v) is 11.3. The van der Waals surface area contributed by atoms with E-state index in [9.17, 15) is 18.3 Å². The summed E-state index contributed by atoms with van der Waals surface area (Å²) < 4.78 is 39.9. The molecule has 1 aliphatic rings. The van der Waals surface area contributed by atoms with Gasteiger partial charge >= 0.3 is 6.18 Å². The van der Waals surface area contributed by atoms with Gasteiger partial charge in [-0.3, -0.25) is 4.90 Å². The van der Waals surface area contributed by atoms with Crippen LogP contribution in [0.2, 0.25) is 5.15 Å². The highest BCUT2D eigenvalue weighted by molar-refractivity contribution is 6.29. The molecule has 0 saturated carbocycles. The summed E-state index contributed by atoms with van der Waals surface area (Å²) in [4.78, 5) is 7.21. The summed E-state index contributed by atoms with van der Waals surface area (Å²) >= 11 is 5.58. The van der Waals surface area contributed by atoms with Crippen LogP contribution in [0.1, 0.15) is 11.6 Å². The molecule has 1 aromatic heterocycles. The molecule has 0 spiro atoms. The highest BCUT2D eigenvalue weighted by Gasteiger charge is 2.48. The number of halogens is 4. The van der Waals surface area contributed by atoms with Crippen molar-refractivity contribution in [1.82, 2.24) is 9.88 Å². The Labute approximate surface area is 122 Å². The Bertz CT molecular complexity index is 546. The van der Waals surface area contributed by atoms with Crippen molar-refractivity contribution in [3.63, 3.8) is 0 Å². The fourth-order valence-electron chi connectivity index (χ4n) is 2.34. The Morgan fingerprint density at radius 2 is 2.19 bits per heavy atom. The lowest BCUT2D eigenvalue weighted by Crippen LogP contribution is -2.37. The number of aliphatic hydroxyl groups is 1. The number of azide groups is 1. The van der Waals surface area contributed by atoms with Crippen LogP contribution in [0.3, 0.4) is 0 Å². The quantitative estimate of drug-likeness (QED) is 0.402. The maximum absolute atomic E-state index is 13.3. The predicted octanol–water partition coefficient (Wildman–Crippen LogP) is 2.69. The molecule has 0 aromatic carbocycles. The minimum atomic E-state index is -4.56. The molecule has 10 heteroatoms. The number of likely N-dealkylation sites (tertiary alicyclic amines) is 1. The number of nitrogens with zero attached hydrogens (tertiary/aromatic N) is 5. The highest BCUT2D eigenvalue weighted by atomic mass is 35.5. The zero-order chi connectivity index (χ0) is 15.6. The summed E-state index contributed by atoms with van der Waals surface area (Å²) in [5.41, 5.74) is 8.28. The fourth-order valence-corrected chi connectivity index (χ4v) is 2.46. The van der Waals surface area contributed by atoms with Crippen LogP contribution in [0.25, 0.3) is 10.4 Å². The van der Waals surface area contributed by atoms with Gasteiger partial charge in [0.25, 0.3) is 0 Å². The van der Waals surface area contributed by atoms with Crippen LogP contribution in [0.5, 0.6) is 0 Å². The van der Waals surface area contributed by atoms with E-state index in [-0.39, 0.29) is 23.8 Å². The van der Waals surface area contributed by atoms with Crippen LogP contribution in [0.15, 0.2) is 23.4 Å². The molecule has 6 nitrogen and oxygen atoms in total. The molecule has 3 atom stereocenters. The minimum absolute atomic E-state index is 0.0827. The Kier molecular flexibility index (Phi) is 4.58.